The maximum Gasteiger partial charge on any atom is 0.349 e. The maximum atomic E-state index is 12.4. The number of esters is 1. The standard InChI is InChI=1S/C19H18O2/c1-6-21-17(20)16-15(14-10-8-7-9-11-14)18(4)12(2)13(3)19(16,18)5/h1,7-11H,2-5H3. The van der Waals surface area contributed by atoms with Gasteiger partial charge in [-0.1, -0.05) is 61.7 Å². The van der Waals surface area contributed by atoms with Gasteiger partial charge in [0.1, 0.15) is 6.11 Å². The normalized spacial score (nSPS) is 30.0. The Morgan fingerprint density at radius 1 is 1.10 bits per heavy atom. The number of rotatable bonds is 2. The molecule has 0 saturated heterocycles. The Morgan fingerprint density at radius 3 is 2.24 bits per heavy atom. The van der Waals surface area contributed by atoms with Gasteiger partial charge in [0, 0.05) is 10.8 Å². The molecule has 2 unspecified atom stereocenters. The van der Waals surface area contributed by atoms with E-state index in [-0.39, 0.29) is 10.8 Å². The average molecular weight is 278 g/mol. The number of fused-ring (bicyclic) bond motifs is 1. The highest BCUT2D eigenvalue weighted by atomic mass is 16.5. The van der Waals surface area contributed by atoms with Crippen molar-refractivity contribution in [2.45, 2.75) is 27.7 Å². The van der Waals surface area contributed by atoms with E-state index in [1.807, 2.05) is 36.4 Å². The van der Waals surface area contributed by atoms with Crippen LogP contribution in [0, 0.1) is 23.4 Å². The topological polar surface area (TPSA) is 26.3 Å². The van der Waals surface area contributed by atoms with Crippen molar-refractivity contribution in [3.63, 3.8) is 0 Å². The summed E-state index contributed by atoms with van der Waals surface area (Å²) in [6, 6.07) is 10.00. The fourth-order valence-corrected chi connectivity index (χ4v) is 4.20. The van der Waals surface area contributed by atoms with Gasteiger partial charge in [0.15, 0.2) is 0 Å². The molecular weight excluding hydrogens is 260 g/mol. The van der Waals surface area contributed by atoms with Gasteiger partial charge in [-0.3, -0.25) is 0 Å². The molecule has 2 aliphatic rings. The highest BCUT2D eigenvalue weighted by molar-refractivity contribution is 6.09. The van der Waals surface area contributed by atoms with Crippen molar-refractivity contribution < 1.29 is 9.53 Å². The van der Waals surface area contributed by atoms with Crippen LogP contribution in [0.5, 0.6) is 0 Å². The maximum absolute atomic E-state index is 12.4. The van der Waals surface area contributed by atoms with E-state index in [4.69, 9.17) is 11.2 Å². The lowest BCUT2D eigenvalue weighted by Gasteiger charge is -2.67. The molecule has 0 radical (unpaired) electrons. The molecule has 2 atom stereocenters. The highest BCUT2D eigenvalue weighted by Crippen LogP contribution is 2.77. The number of hydrogen-bond acceptors (Lipinski definition) is 2. The van der Waals surface area contributed by atoms with Crippen molar-refractivity contribution in [1.29, 1.82) is 0 Å². The zero-order valence-corrected chi connectivity index (χ0v) is 12.8. The lowest BCUT2D eigenvalue weighted by molar-refractivity contribution is -0.135. The van der Waals surface area contributed by atoms with Crippen LogP contribution in [0.25, 0.3) is 5.57 Å². The molecular formula is C19H18O2. The number of terminal acetylenes is 1. The van der Waals surface area contributed by atoms with Crippen LogP contribution in [0.4, 0.5) is 0 Å². The Bertz CT molecular complexity index is 746. The van der Waals surface area contributed by atoms with Gasteiger partial charge in [-0.2, -0.15) is 0 Å². The van der Waals surface area contributed by atoms with Crippen molar-refractivity contribution in [3.05, 3.63) is 52.6 Å². The second-order valence-electron chi connectivity index (χ2n) is 6.12. The molecule has 0 aliphatic heterocycles. The molecule has 0 saturated carbocycles. The molecule has 1 aromatic carbocycles. The fourth-order valence-electron chi connectivity index (χ4n) is 4.20. The lowest BCUT2D eigenvalue weighted by atomic mass is 9.35. The Morgan fingerprint density at radius 2 is 1.67 bits per heavy atom. The molecule has 1 aromatic rings. The quantitative estimate of drug-likeness (QED) is 0.465. The van der Waals surface area contributed by atoms with Gasteiger partial charge in [0.25, 0.3) is 0 Å². The second kappa shape index (κ2) is 4.11. The van der Waals surface area contributed by atoms with Gasteiger partial charge in [0.05, 0.1) is 5.57 Å². The molecule has 21 heavy (non-hydrogen) atoms. The predicted molar refractivity (Wildman–Crippen MR) is 82.9 cm³/mol. The summed E-state index contributed by atoms with van der Waals surface area (Å²) in [6.07, 6.45) is 7.14. The van der Waals surface area contributed by atoms with Gasteiger partial charge < -0.3 is 4.74 Å². The average Bonchev–Trinajstić information content (AvgIpc) is 2.50. The second-order valence-corrected chi connectivity index (χ2v) is 6.12. The Hall–Kier alpha value is -2.27. The van der Waals surface area contributed by atoms with E-state index in [0.717, 1.165) is 11.1 Å². The zero-order valence-electron chi connectivity index (χ0n) is 12.8. The largest absolute Gasteiger partial charge is 0.369 e. The van der Waals surface area contributed by atoms with Crippen molar-refractivity contribution >= 4 is 11.5 Å². The number of carbonyl (C=O) groups excluding carboxylic acids is 1. The summed E-state index contributed by atoms with van der Waals surface area (Å²) in [7, 11) is 0. The molecule has 0 amide bonds. The number of ether oxygens (including phenoxy) is 1. The zero-order chi connectivity index (χ0) is 15.4. The van der Waals surface area contributed by atoms with E-state index in [1.165, 1.54) is 11.1 Å². The van der Waals surface area contributed by atoms with Crippen molar-refractivity contribution in [1.82, 2.24) is 0 Å². The molecule has 3 rings (SSSR count). The van der Waals surface area contributed by atoms with E-state index in [1.54, 1.807) is 0 Å². The van der Waals surface area contributed by atoms with Gasteiger partial charge in [-0.05, 0) is 25.0 Å². The molecule has 2 heteroatoms. The smallest absolute Gasteiger partial charge is 0.349 e. The van der Waals surface area contributed by atoms with Crippen molar-refractivity contribution in [2.24, 2.45) is 10.8 Å². The summed E-state index contributed by atoms with van der Waals surface area (Å²) in [5.74, 6) is -0.400. The minimum Gasteiger partial charge on any atom is -0.369 e. The highest BCUT2D eigenvalue weighted by Gasteiger charge is 2.69. The van der Waals surface area contributed by atoms with E-state index < -0.39 is 5.97 Å². The van der Waals surface area contributed by atoms with Crippen molar-refractivity contribution in [3.8, 4) is 12.5 Å². The van der Waals surface area contributed by atoms with Crippen LogP contribution in [0.15, 0.2) is 47.1 Å². The minimum atomic E-state index is -0.400. The number of allylic oxidation sites excluding steroid dienone is 3. The Balaban J connectivity index is 2.22. The van der Waals surface area contributed by atoms with E-state index in [9.17, 15) is 4.79 Å². The molecule has 106 valence electrons. The van der Waals surface area contributed by atoms with Crippen LogP contribution in [0.2, 0.25) is 0 Å². The third-order valence-corrected chi connectivity index (χ3v) is 5.73. The number of benzene rings is 1. The molecule has 2 aliphatic carbocycles. The first-order chi connectivity index (χ1) is 9.90. The van der Waals surface area contributed by atoms with Crippen LogP contribution >= 0.6 is 0 Å². The van der Waals surface area contributed by atoms with Gasteiger partial charge >= 0.3 is 5.97 Å². The summed E-state index contributed by atoms with van der Waals surface area (Å²) < 4.78 is 4.85. The molecule has 0 N–H and O–H groups in total. The Labute approximate surface area is 125 Å². The van der Waals surface area contributed by atoms with Crippen LogP contribution in [-0.2, 0) is 9.53 Å². The lowest BCUT2D eigenvalue weighted by Crippen LogP contribution is -2.60. The summed E-state index contributed by atoms with van der Waals surface area (Å²) >= 11 is 0. The third kappa shape index (κ3) is 1.32. The SMILES string of the molecule is C#COC(=O)C1=C(c2ccccc2)C2(C)C(C)=C(C)C12C. The molecule has 0 spiro atoms. The predicted octanol–water partition coefficient (Wildman–Crippen LogP) is 3.95. The van der Waals surface area contributed by atoms with Crippen molar-refractivity contribution in [2.75, 3.05) is 0 Å². The molecule has 0 aromatic heterocycles. The molecule has 0 heterocycles. The van der Waals surface area contributed by atoms with Crippen LogP contribution in [0.1, 0.15) is 33.3 Å². The first-order valence-electron chi connectivity index (χ1n) is 7.06. The number of carbonyl (C=O) groups is 1. The summed E-state index contributed by atoms with van der Waals surface area (Å²) in [4.78, 5) is 12.4. The monoisotopic (exact) mass is 278 g/mol. The summed E-state index contributed by atoms with van der Waals surface area (Å²) in [6.45, 7) is 8.53. The van der Waals surface area contributed by atoms with Crippen LogP contribution in [0.3, 0.4) is 0 Å². The molecule has 2 nitrogen and oxygen atoms in total. The number of hydrogen-bond donors (Lipinski definition) is 0. The first-order valence-corrected chi connectivity index (χ1v) is 7.06. The molecule has 0 bridgehead atoms. The molecule has 0 fully saturated rings. The van der Waals surface area contributed by atoms with Gasteiger partial charge in [-0.15, -0.1) is 0 Å². The minimum absolute atomic E-state index is 0.110. The summed E-state index contributed by atoms with van der Waals surface area (Å²) in [5, 5.41) is 0. The van der Waals surface area contributed by atoms with Gasteiger partial charge in [0.2, 0.25) is 0 Å². The van der Waals surface area contributed by atoms with Crippen LogP contribution < -0.4 is 0 Å². The van der Waals surface area contributed by atoms with E-state index in [0.29, 0.717) is 5.57 Å². The van der Waals surface area contributed by atoms with Gasteiger partial charge in [-0.25, -0.2) is 4.79 Å². The van der Waals surface area contributed by atoms with E-state index in [2.05, 4.69) is 27.7 Å². The fraction of sp³-hybridized carbons (Fsp3) is 0.316. The first kappa shape index (κ1) is 13.7. The third-order valence-electron chi connectivity index (χ3n) is 5.73. The summed E-state index contributed by atoms with van der Waals surface area (Å²) in [5.41, 5.74) is 5.02. The van der Waals surface area contributed by atoms with Crippen LogP contribution in [-0.4, -0.2) is 5.97 Å². The Kier molecular flexibility index (Phi) is 2.68. The van der Waals surface area contributed by atoms with E-state index >= 15 is 0 Å².